The molecule has 0 saturated carbocycles. The summed E-state index contributed by atoms with van der Waals surface area (Å²) in [6, 6.07) is 13.0. The summed E-state index contributed by atoms with van der Waals surface area (Å²) in [6.45, 7) is 3.83. The summed E-state index contributed by atoms with van der Waals surface area (Å²) in [5, 5.41) is 14.6. The smallest absolute Gasteiger partial charge is 0.342 e. The molecule has 0 saturated heterocycles. The SMILES string of the molecule is CC(C)C[C@H](N[C@@H](c1ccc(Br)cc1)c1ccc(C(F)(F)F)cc1)C(=O)NCC#N. The Balaban J connectivity index is 2.40. The molecular formula is C22H23BrF3N3O. The maximum absolute atomic E-state index is 13.0. The van der Waals surface area contributed by atoms with Crippen molar-refractivity contribution in [2.45, 2.75) is 38.5 Å². The molecule has 0 aliphatic rings. The number of nitrogens with zero attached hydrogens (tertiary/aromatic N) is 1. The summed E-state index contributed by atoms with van der Waals surface area (Å²) in [6.07, 6.45) is -3.92. The number of nitriles is 1. The summed E-state index contributed by atoms with van der Waals surface area (Å²) in [4.78, 5) is 12.6. The molecule has 2 N–H and O–H groups in total. The van der Waals surface area contributed by atoms with E-state index in [1.807, 2.05) is 44.2 Å². The van der Waals surface area contributed by atoms with E-state index < -0.39 is 23.8 Å². The van der Waals surface area contributed by atoms with E-state index in [2.05, 4.69) is 26.6 Å². The van der Waals surface area contributed by atoms with Gasteiger partial charge in [-0.15, -0.1) is 0 Å². The first-order chi connectivity index (χ1) is 14.1. The van der Waals surface area contributed by atoms with E-state index in [0.717, 1.165) is 22.2 Å². The van der Waals surface area contributed by atoms with Crippen LogP contribution >= 0.6 is 15.9 Å². The zero-order valence-electron chi connectivity index (χ0n) is 16.6. The monoisotopic (exact) mass is 481 g/mol. The molecule has 4 nitrogen and oxygen atoms in total. The Morgan fingerprint density at radius 2 is 1.60 bits per heavy atom. The van der Waals surface area contributed by atoms with E-state index in [1.54, 1.807) is 0 Å². The Labute approximate surface area is 182 Å². The number of benzene rings is 2. The Bertz CT molecular complexity index is 874. The molecule has 0 aliphatic carbocycles. The number of hydrogen-bond donors (Lipinski definition) is 2. The molecule has 2 rings (SSSR count). The molecule has 2 aromatic carbocycles. The molecule has 0 aromatic heterocycles. The van der Waals surface area contributed by atoms with Crippen LogP contribution in [0, 0.1) is 17.2 Å². The van der Waals surface area contributed by atoms with Crippen LogP contribution in [0.3, 0.4) is 0 Å². The van der Waals surface area contributed by atoms with Crippen LogP contribution in [0.25, 0.3) is 0 Å². The Morgan fingerprint density at radius 1 is 1.07 bits per heavy atom. The summed E-state index contributed by atoms with van der Waals surface area (Å²) in [5.74, 6) is -0.132. The quantitative estimate of drug-likeness (QED) is 0.509. The highest BCUT2D eigenvalue weighted by atomic mass is 79.9. The lowest BCUT2D eigenvalue weighted by molar-refractivity contribution is -0.137. The van der Waals surface area contributed by atoms with Crippen molar-refractivity contribution < 1.29 is 18.0 Å². The standard InChI is InChI=1S/C22H23BrF3N3O/c1-14(2)13-19(21(30)28-12-11-27)29-20(16-5-9-18(23)10-6-16)15-3-7-17(8-4-15)22(24,25)26/h3-10,14,19-20,29H,12-13H2,1-2H3,(H,28,30)/t19-,20+/m0/s1. The van der Waals surface area contributed by atoms with E-state index in [-0.39, 0.29) is 18.4 Å². The number of nitrogens with one attached hydrogen (secondary N) is 2. The first-order valence-corrected chi connectivity index (χ1v) is 10.2. The van der Waals surface area contributed by atoms with Crippen molar-refractivity contribution in [1.82, 2.24) is 10.6 Å². The van der Waals surface area contributed by atoms with Crippen LogP contribution in [0.1, 0.15) is 43.0 Å². The van der Waals surface area contributed by atoms with Crippen LogP contribution in [0.4, 0.5) is 13.2 Å². The molecule has 2 atom stereocenters. The highest BCUT2D eigenvalue weighted by Gasteiger charge is 2.31. The lowest BCUT2D eigenvalue weighted by atomic mass is 9.94. The average Bonchev–Trinajstić information content (AvgIpc) is 2.69. The number of hydrogen-bond acceptors (Lipinski definition) is 3. The van der Waals surface area contributed by atoms with Crippen molar-refractivity contribution in [3.8, 4) is 6.07 Å². The van der Waals surface area contributed by atoms with Crippen LogP contribution in [-0.2, 0) is 11.0 Å². The predicted molar refractivity (Wildman–Crippen MR) is 112 cm³/mol. The van der Waals surface area contributed by atoms with Gasteiger partial charge in [0.05, 0.1) is 23.7 Å². The Morgan fingerprint density at radius 3 is 2.07 bits per heavy atom. The number of halogens is 4. The van der Waals surface area contributed by atoms with Gasteiger partial charge >= 0.3 is 6.18 Å². The molecule has 0 unspecified atom stereocenters. The van der Waals surface area contributed by atoms with Gasteiger partial charge < -0.3 is 5.32 Å². The van der Waals surface area contributed by atoms with Gasteiger partial charge in [-0.25, -0.2) is 0 Å². The van der Waals surface area contributed by atoms with Crippen molar-refractivity contribution in [3.63, 3.8) is 0 Å². The fourth-order valence-corrected chi connectivity index (χ4v) is 3.34. The van der Waals surface area contributed by atoms with E-state index in [4.69, 9.17) is 5.26 Å². The fourth-order valence-electron chi connectivity index (χ4n) is 3.08. The average molecular weight is 482 g/mol. The van der Waals surface area contributed by atoms with Gasteiger partial charge in [-0.2, -0.15) is 18.4 Å². The van der Waals surface area contributed by atoms with Gasteiger partial charge in [0.1, 0.15) is 6.54 Å². The zero-order chi connectivity index (χ0) is 22.3. The zero-order valence-corrected chi connectivity index (χ0v) is 18.2. The fraction of sp³-hybridized carbons (Fsp3) is 0.364. The summed E-state index contributed by atoms with van der Waals surface area (Å²) < 4.78 is 39.8. The largest absolute Gasteiger partial charge is 0.416 e. The summed E-state index contributed by atoms with van der Waals surface area (Å²) in [7, 11) is 0. The third-order valence-corrected chi connectivity index (χ3v) is 5.04. The van der Waals surface area contributed by atoms with E-state index in [0.29, 0.717) is 12.0 Å². The van der Waals surface area contributed by atoms with E-state index in [1.165, 1.54) is 12.1 Å². The maximum Gasteiger partial charge on any atom is 0.416 e. The maximum atomic E-state index is 13.0. The molecule has 0 radical (unpaired) electrons. The van der Waals surface area contributed by atoms with Gasteiger partial charge in [0, 0.05) is 4.47 Å². The molecular weight excluding hydrogens is 459 g/mol. The van der Waals surface area contributed by atoms with Crippen LogP contribution < -0.4 is 10.6 Å². The first-order valence-electron chi connectivity index (χ1n) is 9.45. The van der Waals surface area contributed by atoms with Crippen molar-refractivity contribution in [2.24, 2.45) is 5.92 Å². The van der Waals surface area contributed by atoms with Gasteiger partial charge in [-0.1, -0.05) is 54.0 Å². The molecule has 0 aliphatic heterocycles. The third kappa shape index (κ3) is 6.85. The van der Waals surface area contributed by atoms with Crippen molar-refractivity contribution >= 4 is 21.8 Å². The minimum absolute atomic E-state index is 0.113. The molecule has 0 fully saturated rings. The first kappa shape index (κ1) is 23.9. The van der Waals surface area contributed by atoms with Gasteiger partial charge in [-0.05, 0) is 47.7 Å². The lowest BCUT2D eigenvalue weighted by Crippen LogP contribution is -2.46. The molecule has 0 spiro atoms. The van der Waals surface area contributed by atoms with Crippen LogP contribution in [-0.4, -0.2) is 18.5 Å². The molecule has 1 amide bonds. The minimum Gasteiger partial charge on any atom is -0.342 e. The number of carbonyl (C=O) groups is 1. The number of rotatable bonds is 8. The molecule has 160 valence electrons. The molecule has 30 heavy (non-hydrogen) atoms. The van der Waals surface area contributed by atoms with Gasteiger partial charge in [-0.3, -0.25) is 10.1 Å². The topological polar surface area (TPSA) is 64.9 Å². The Kier molecular flexibility index (Phi) is 8.44. The van der Waals surface area contributed by atoms with Crippen molar-refractivity contribution in [1.29, 1.82) is 5.26 Å². The second-order valence-electron chi connectivity index (χ2n) is 7.33. The highest BCUT2D eigenvalue weighted by molar-refractivity contribution is 9.10. The second-order valence-corrected chi connectivity index (χ2v) is 8.24. The van der Waals surface area contributed by atoms with Crippen LogP contribution in [0.5, 0.6) is 0 Å². The van der Waals surface area contributed by atoms with Gasteiger partial charge in [0.25, 0.3) is 0 Å². The van der Waals surface area contributed by atoms with Gasteiger partial charge in [0.15, 0.2) is 0 Å². The predicted octanol–water partition coefficient (Wildman–Crippen LogP) is 5.20. The van der Waals surface area contributed by atoms with Crippen molar-refractivity contribution in [3.05, 3.63) is 69.7 Å². The van der Waals surface area contributed by atoms with Crippen LogP contribution in [0.15, 0.2) is 53.0 Å². The summed E-state index contributed by atoms with van der Waals surface area (Å²) >= 11 is 3.38. The normalized spacial score (nSPS) is 13.5. The minimum atomic E-state index is -4.42. The van der Waals surface area contributed by atoms with E-state index in [9.17, 15) is 18.0 Å². The van der Waals surface area contributed by atoms with Gasteiger partial charge in [0.2, 0.25) is 5.91 Å². The lowest BCUT2D eigenvalue weighted by Gasteiger charge is -2.27. The second kappa shape index (κ2) is 10.6. The number of carbonyl (C=O) groups excluding carboxylic acids is 1. The number of amides is 1. The molecule has 0 heterocycles. The molecule has 2 aromatic rings. The summed E-state index contributed by atoms with van der Waals surface area (Å²) in [5.41, 5.74) is 0.679. The third-order valence-electron chi connectivity index (χ3n) is 4.51. The number of alkyl halides is 3. The van der Waals surface area contributed by atoms with Crippen molar-refractivity contribution in [2.75, 3.05) is 6.54 Å². The van der Waals surface area contributed by atoms with Crippen LogP contribution in [0.2, 0.25) is 0 Å². The molecule has 8 heteroatoms. The van der Waals surface area contributed by atoms with E-state index >= 15 is 0 Å². The highest BCUT2D eigenvalue weighted by Crippen LogP contribution is 2.31. The molecule has 0 bridgehead atoms. The Hall–Kier alpha value is -2.37.